The molecule has 0 aliphatic rings. The van der Waals surface area contributed by atoms with Crippen LogP contribution in [0.25, 0.3) is 16.7 Å². The lowest BCUT2D eigenvalue weighted by molar-refractivity contribution is -0.144. The van der Waals surface area contributed by atoms with E-state index < -0.39 is 12.0 Å². The van der Waals surface area contributed by atoms with E-state index >= 15 is 0 Å². The minimum Gasteiger partial charge on any atom is -0.459 e. The van der Waals surface area contributed by atoms with Gasteiger partial charge < -0.3 is 9.32 Å². The third-order valence-corrected chi connectivity index (χ3v) is 5.88. The zero-order chi connectivity index (χ0) is 23.9. The smallest absolute Gasteiger partial charge is 0.453 e. The summed E-state index contributed by atoms with van der Waals surface area (Å²) < 4.78 is 46.0. The molecule has 7 nitrogen and oxygen atoms in total. The maximum Gasteiger partial charge on any atom is 0.453 e. The predicted molar refractivity (Wildman–Crippen MR) is 116 cm³/mol. The van der Waals surface area contributed by atoms with E-state index in [1.54, 1.807) is 18.7 Å². The lowest BCUT2D eigenvalue weighted by Gasteiger charge is -2.27. The van der Waals surface area contributed by atoms with Crippen LogP contribution in [0.15, 0.2) is 34.7 Å². The number of furan rings is 1. The zero-order valence-electron chi connectivity index (χ0n) is 18.8. The molecule has 0 radical (unpaired) electrons. The minimum atomic E-state index is -4.65. The molecule has 174 valence electrons. The Kier molecular flexibility index (Phi) is 5.85. The van der Waals surface area contributed by atoms with Crippen LogP contribution in [0.3, 0.4) is 0 Å². The van der Waals surface area contributed by atoms with Crippen molar-refractivity contribution in [2.45, 2.75) is 52.8 Å². The monoisotopic (exact) mass is 459 g/mol. The number of aryl methyl sites for hydroxylation is 2. The molecular weight excluding hydrogens is 435 g/mol. The highest BCUT2D eigenvalue weighted by Crippen LogP contribution is 2.29. The van der Waals surface area contributed by atoms with Gasteiger partial charge in [0.25, 0.3) is 11.6 Å². The first-order valence-corrected chi connectivity index (χ1v) is 10.7. The van der Waals surface area contributed by atoms with E-state index in [1.165, 1.54) is 0 Å². The molecule has 0 spiro atoms. The molecule has 4 aromatic rings. The second-order valence-electron chi connectivity index (χ2n) is 7.95. The highest BCUT2D eigenvalue weighted by Gasteiger charge is 2.37. The van der Waals surface area contributed by atoms with Crippen LogP contribution in [-0.4, -0.2) is 36.9 Å². The Morgan fingerprint density at radius 2 is 1.94 bits per heavy atom. The van der Waals surface area contributed by atoms with Gasteiger partial charge in [0.1, 0.15) is 11.3 Å². The standard InChI is InChI=1S/C23H24F3N5O2/c1-5-30(15(4)19-12-16-8-6-7-9-18(16)33-19)20(32)11-10-17-13(2)27-22-28-21(23(24,25)26)29-31(22)14(17)3/h6-9,12,15H,5,10-11H2,1-4H3. The Morgan fingerprint density at radius 3 is 2.61 bits per heavy atom. The van der Waals surface area contributed by atoms with E-state index in [0.717, 1.165) is 15.5 Å². The van der Waals surface area contributed by atoms with Crippen LogP contribution < -0.4 is 0 Å². The molecule has 0 saturated heterocycles. The topological polar surface area (TPSA) is 76.5 Å². The van der Waals surface area contributed by atoms with Gasteiger partial charge in [-0.3, -0.25) is 4.79 Å². The second-order valence-corrected chi connectivity index (χ2v) is 7.95. The number of fused-ring (bicyclic) bond motifs is 2. The Morgan fingerprint density at radius 1 is 1.21 bits per heavy atom. The van der Waals surface area contributed by atoms with E-state index in [2.05, 4.69) is 15.1 Å². The van der Waals surface area contributed by atoms with E-state index in [9.17, 15) is 18.0 Å². The number of alkyl halides is 3. The normalized spacial score (nSPS) is 13.1. The van der Waals surface area contributed by atoms with Gasteiger partial charge >= 0.3 is 6.18 Å². The van der Waals surface area contributed by atoms with Gasteiger partial charge in [-0.25, -0.2) is 9.50 Å². The molecule has 3 heterocycles. The Bertz CT molecular complexity index is 1290. The molecule has 3 aromatic heterocycles. The fourth-order valence-electron chi connectivity index (χ4n) is 4.09. The van der Waals surface area contributed by atoms with Gasteiger partial charge in [0, 0.05) is 29.7 Å². The lowest BCUT2D eigenvalue weighted by atomic mass is 10.1. The number of nitrogens with zero attached hydrogens (tertiary/aromatic N) is 5. The molecule has 0 saturated carbocycles. The van der Waals surface area contributed by atoms with Crippen molar-refractivity contribution in [2.24, 2.45) is 0 Å². The number of aromatic nitrogens is 4. The van der Waals surface area contributed by atoms with E-state index in [-0.39, 0.29) is 24.1 Å². The highest BCUT2D eigenvalue weighted by atomic mass is 19.4. The van der Waals surface area contributed by atoms with Crippen molar-refractivity contribution in [2.75, 3.05) is 6.54 Å². The maximum atomic E-state index is 13.1. The molecular formula is C23H24F3N5O2. The second kappa shape index (κ2) is 8.49. The molecule has 1 unspecified atom stereocenters. The molecule has 0 aliphatic carbocycles. The van der Waals surface area contributed by atoms with Crippen molar-refractivity contribution >= 4 is 22.7 Å². The average Bonchev–Trinajstić information content (AvgIpc) is 3.38. The first-order chi connectivity index (χ1) is 15.6. The number of para-hydroxylation sites is 1. The Hall–Kier alpha value is -3.43. The van der Waals surface area contributed by atoms with E-state index in [4.69, 9.17) is 4.42 Å². The molecule has 1 amide bonds. The first-order valence-electron chi connectivity index (χ1n) is 10.7. The number of carbonyl (C=O) groups is 1. The summed E-state index contributed by atoms with van der Waals surface area (Å²) in [5, 5.41) is 4.53. The predicted octanol–water partition coefficient (Wildman–Crippen LogP) is 5.05. The average molecular weight is 459 g/mol. The molecule has 1 atom stereocenters. The minimum absolute atomic E-state index is 0.0843. The van der Waals surface area contributed by atoms with Gasteiger partial charge in [0.2, 0.25) is 5.91 Å². The van der Waals surface area contributed by atoms with Crippen molar-refractivity contribution in [1.29, 1.82) is 0 Å². The summed E-state index contributed by atoms with van der Waals surface area (Å²) in [7, 11) is 0. The van der Waals surface area contributed by atoms with Gasteiger partial charge in [0.15, 0.2) is 0 Å². The van der Waals surface area contributed by atoms with Crippen LogP contribution in [0.2, 0.25) is 0 Å². The summed E-state index contributed by atoms with van der Waals surface area (Å²) in [6.45, 7) is 7.66. The Labute approximate surface area is 188 Å². The third kappa shape index (κ3) is 4.29. The van der Waals surface area contributed by atoms with Crippen LogP contribution in [-0.2, 0) is 17.4 Å². The molecule has 4 rings (SSSR count). The van der Waals surface area contributed by atoms with Crippen LogP contribution in [0.1, 0.15) is 54.8 Å². The fraction of sp³-hybridized carbons (Fsp3) is 0.391. The van der Waals surface area contributed by atoms with Gasteiger partial charge in [-0.05, 0) is 51.8 Å². The number of rotatable bonds is 6. The molecule has 0 fully saturated rings. The van der Waals surface area contributed by atoms with Crippen LogP contribution in [0.4, 0.5) is 13.2 Å². The van der Waals surface area contributed by atoms with Crippen molar-refractivity contribution in [3.8, 4) is 0 Å². The molecule has 0 N–H and O–H groups in total. The SMILES string of the molecule is CCN(C(=O)CCc1c(C)nc2nc(C(F)(F)F)nn2c1C)C(C)c1cc2ccccc2o1. The molecule has 0 bridgehead atoms. The number of hydrogen-bond acceptors (Lipinski definition) is 5. The molecule has 10 heteroatoms. The van der Waals surface area contributed by atoms with Crippen molar-refractivity contribution in [1.82, 2.24) is 24.5 Å². The van der Waals surface area contributed by atoms with Crippen LogP contribution >= 0.6 is 0 Å². The molecule has 0 aliphatic heterocycles. The lowest BCUT2D eigenvalue weighted by Crippen LogP contribution is -2.33. The molecule has 1 aromatic carbocycles. The van der Waals surface area contributed by atoms with Gasteiger partial charge in [0.05, 0.1) is 6.04 Å². The molecule has 33 heavy (non-hydrogen) atoms. The summed E-state index contributed by atoms with van der Waals surface area (Å²) >= 11 is 0. The largest absolute Gasteiger partial charge is 0.459 e. The van der Waals surface area contributed by atoms with Crippen LogP contribution in [0.5, 0.6) is 0 Å². The van der Waals surface area contributed by atoms with Crippen molar-refractivity contribution in [3.63, 3.8) is 0 Å². The van der Waals surface area contributed by atoms with Gasteiger partial charge in [-0.2, -0.15) is 18.2 Å². The summed E-state index contributed by atoms with van der Waals surface area (Å²) in [6, 6.07) is 9.33. The van der Waals surface area contributed by atoms with Crippen molar-refractivity contribution in [3.05, 3.63) is 58.9 Å². The summed E-state index contributed by atoms with van der Waals surface area (Å²) in [4.78, 5) is 22.5. The summed E-state index contributed by atoms with van der Waals surface area (Å²) in [5.74, 6) is -0.730. The van der Waals surface area contributed by atoms with Crippen molar-refractivity contribution < 1.29 is 22.4 Å². The number of carbonyl (C=O) groups excluding carboxylic acids is 1. The van der Waals surface area contributed by atoms with Crippen LogP contribution in [0, 0.1) is 13.8 Å². The van der Waals surface area contributed by atoms with Gasteiger partial charge in [-0.1, -0.05) is 18.2 Å². The quantitative estimate of drug-likeness (QED) is 0.403. The highest BCUT2D eigenvalue weighted by molar-refractivity contribution is 5.79. The summed E-state index contributed by atoms with van der Waals surface area (Å²) in [5.41, 5.74) is 2.46. The Balaban J connectivity index is 1.54. The number of benzene rings is 1. The van der Waals surface area contributed by atoms with E-state index in [0.29, 0.717) is 35.7 Å². The van der Waals surface area contributed by atoms with E-state index in [1.807, 2.05) is 44.2 Å². The summed E-state index contributed by atoms with van der Waals surface area (Å²) in [6.07, 6.45) is -4.16. The zero-order valence-corrected chi connectivity index (χ0v) is 18.8. The number of halogens is 3. The number of hydrogen-bond donors (Lipinski definition) is 0. The fourth-order valence-corrected chi connectivity index (χ4v) is 4.09. The first kappa shape index (κ1) is 22.8. The van der Waals surface area contributed by atoms with Gasteiger partial charge in [-0.15, -0.1) is 5.10 Å². The maximum absolute atomic E-state index is 13.1. The number of amides is 1. The third-order valence-electron chi connectivity index (χ3n) is 5.88.